The van der Waals surface area contributed by atoms with E-state index in [9.17, 15) is 14.0 Å². The average molecular weight is 428 g/mol. The second-order valence-electron chi connectivity index (χ2n) is 8.76. The molecule has 5 nitrogen and oxygen atoms in total. The fourth-order valence-electron chi connectivity index (χ4n) is 5.85. The zero-order valence-electron chi connectivity index (χ0n) is 17.4. The topological polar surface area (TPSA) is 49.9 Å². The third-order valence-corrected chi connectivity index (χ3v) is 7.16. The van der Waals surface area contributed by atoms with Crippen molar-refractivity contribution < 1.29 is 18.7 Å². The Bertz CT molecular complexity index is 1230. The number of benzene rings is 3. The monoisotopic (exact) mass is 428 g/mol. The number of amides is 3. The minimum absolute atomic E-state index is 0.0689. The van der Waals surface area contributed by atoms with E-state index in [1.54, 1.807) is 4.90 Å². The van der Waals surface area contributed by atoms with Gasteiger partial charge in [0.05, 0.1) is 18.3 Å². The molecule has 160 valence electrons. The molecule has 0 saturated carbocycles. The van der Waals surface area contributed by atoms with E-state index in [-0.39, 0.29) is 29.8 Å². The molecule has 3 amide bonds. The standard InChI is InChI=1S/C26H21FN2O3/c1-26-22(16-7-3-2-4-8-16)20-15-32-21-10-6-5-9-19(21)23(20)29(26)25(31)28(24(26)30)18-13-11-17(27)12-14-18/h2-14,20,22-23H,15H2,1H3/t20?,22?,23?,26-/m1/s1. The van der Waals surface area contributed by atoms with Gasteiger partial charge >= 0.3 is 6.03 Å². The largest absolute Gasteiger partial charge is 0.493 e. The van der Waals surface area contributed by atoms with Crippen LogP contribution in [0.3, 0.4) is 0 Å². The lowest BCUT2D eigenvalue weighted by Crippen LogP contribution is -2.46. The van der Waals surface area contributed by atoms with Gasteiger partial charge in [-0.1, -0.05) is 48.5 Å². The van der Waals surface area contributed by atoms with Gasteiger partial charge in [0, 0.05) is 17.4 Å². The normalized spacial score (nSPS) is 28.2. The molecule has 6 rings (SSSR count). The number of fused-ring (bicyclic) bond motifs is 5. The number of hydrogen-bond acceptors (Lipinski definition) is 3. The molecule has 3 aromatic carbocycles. The van der Waals surface area contributed by atoms with Crippen molar-refractivity contribution in [1.29, 1.82) is 0 Å². The number of carbonyl (C=O) groups excluding carboxylic acids is 2. The van der Waals surface area contributed by atoms with Crippen LogP contribution in [0.2, 0.25) is 0 Å². The van der Waals surface area contributed by atoms with Crippen molar-refractivity contribution in [3.63, 3.8) is 0 Å². The van der Waals surface area contributed by atoms with Crippen LogP contribution in [-0.2, 0) is 4.79 Å². The van der Waals surface area contributed by atoms with E-state index in [4.69, 9.17) is 4.74 Å². The molecule has 0 N–H and O–H groups in total. The molecule has 32 heavy (non-hydrogen) atoms. The summed E-state index contributed by atoms with van der Waals surface area (Å²) in [5.41, 5.74) is 1.19. The van der Waals surface area contributed by atoms with Gasteiger partial charge in [-0.05, 0) is 42.8 Å². The van der Waals surface area contributed by atoms with Crippen LogP contribution >= 0.6 is 0 Å². The van der Waals surface area contributed by atoms with Gasteiger partial charge in [-0.2, -0.15) is 0 Å². The van der Waals surface area contributed by atoms with E-state index in [1.807, 2.05) is 61.5 Å². The minimum atomic E-state index is -1.09. The maximum Gasteiger partial charge on any atom is 0.332 e. The molecule has 3 heterocycles. The summed E-state index contributed by atoms with van der Waals surface area (Å²) in [5.74, 6) is -0.287. The van der Waals surface area contributed by atoms with Crippen molar-refractivity contribution in [3.8, 4) is 5.75 Å². The first-order valence-corrected chi connectivity index (χ1v) is 10.7. The highest BCUT2D eigenvalue weighted by atomic mass is 19.1. The van der Waals surface area contributed by atoms with E-state index in [0.29, 0.717) is 12.3 Å². The quantitative estimate of drug-likeness (QED) is 0.546. The molecule has 0 aromatic heterocycles. The molecule has 3 unspecified atom stereocenters. The molecule has 0 aliphatic carbocycles. The summed E-state index contributed by atoms with van der Waals surface area (Å²) >= 11 is 0. The van der Waals surface area contributed by atoms with Crippen molar-refractivity contribution in [1.82, 2.24) is 4.90 Å². The second-order valence-corrected chi connectivity index (χ2v) is 8.76. The second kappa shape index (κ2) is 6.66. The maximum absolute atomic E-state index is 14.0. The summed E-state index contributed by atoms with van der Waals surface area (Å²) in [5, 5.41) is 0. The first-order chi connectivity index (χ1) is 15.5. The Morgan fingerprint density at radius 3 is 2.38 bits per heavy atom. The summed E-state index contributed by atoms with van der Waals surface area (Å²) in [6.45, 7) is 2.28. The molecule has 0 bridgehead atoms. The van der Waals surface area contributed by atoms with Crippen LogP contribution in [0, 0.1) is 11.7 Å². The highest BCUT2D eigenvalue weighted by molar-refractivity contribution is 6.24. The molecule has 4 atom stereocenters. The van der Waals surface area contributed by atoms with Gasteiger partial charge in [-0.15, -0.1) is 0 Å². The lowest BCUT2D eigenvalue weighted by atomic mass is 9.73. The lowest BCUT2D eigenvalue weighted by molar-refractivity contribution is -0.124. The molecule has 3 aromatic rings. The Morgan fingerprint density at radius 1 is 0.938 bits per heavy atom. The number of rotatable bonds is 2. The zero-order valence-corrected chi connectivity index (χ0v) is 17.4. The Hall–Kier alpha value is -3.67. The van der Waals surface area contributed by atoms with Gasteiger partial charge in [-0.25, -0.2) is 14.1 Å². The van der Waals surface area contributed by atoms with E-state index < -0.39 is 11.4 Å². The number of ether oxygens (including phenoxy) is 1. The number of halogens is 1. The molecule has 0 radical (unpaired) electrons. The Balaban J connectivity index is 1.56. The van der Waals surface area contributed by atoms with E-state index in [0.717, 1.165) is 16.9 Å². The molecular formula is C26H21FN2O3. The number of carbonyl (C=O) groups is 2. The van der Waals surface area contributed by atoms with Crippen molar-refractivity contribution in [3.05, 3.63) is 95.8 Å². The summed E-state index contributed by atoms with van der Waals surface area (Å²) in [4.78, 5) is 30.7. The minimum Gasteiger partial charge on any atom is -0.493 e. The smallest absolute Gasteiger partial charge is 0.332 e. The summed E-state index contributed by atoms with van der Waals surface area (Å²) < 4.78 is 19.6. The van der Waals surface area contributed by atoms with E-state index in [1.165, 1.54) is 29.2 Å². The van der Waals surface area contributed by atoms with Gasteiger partial charge in [-0.3, -0.25) is 4.79 Å². The maximum atomic E-state index is 14.0. The SMILES string of the molecule is C[C@@]12C(=O)N(c3ccc(F)cc3)C(=O)N1C1c3ccccc3OCC1C2c1ccccc1. The predicted molar refractivity (Wildman–Crippen MR) is 117 cm³/mol. The van der Waals surface area contributed by atoms with Gasteiger partial charge in [0.25, 0.3) is 5.91 Å². The summed E-state index contributed by atoms with van der Waals surface area (Å²) in [6, 6.07) is 22.4. The van der Waals surface area contributed by atoms with Gasteiger partial charge in [0.2, 0.25) is 0 Å². The fraction of sp³-hybridized carbons (Fsp3) is 0.231. The van der Waals surface area contributed by atoms with Crippen LogP contribution < -0.4 is 9.64 Å². The van der Waals surface area contributed by atoms with Gasteiger partial charge in [0.15, 0.2) is 0 Å². The van der Waals surface area contributed by atoms with Gasteiger partial charge < -0.3 is 9.64 Å². The molecule has 6 heteroatoms. The molecule has 3 aliphatic rings. The summed E-state index contributed by atoms with van der Waals surface area (Å²) in [6.07, 6.45) is 0. The number of imide groups is 1. The van der Waals surface area contributed by atoms with Gasteiger partial charge in [0.1, 0.15) is 17.1 Å². The highest BCUT2D eigenvalue weighted by Gasteiger charge is 2.70. The number of anilines is 1. The van der Waals surface area contributed by atoms with Crippen molar-refractivity contribution in [2.24, 2.45) is 5.92 Å². The molecule has 3 aliphatic heterocycles. The van der Waals surface area contributed by atoms with Crippen LogP contribution in [0.5, 0.6) is 5.75 Å². The van der Waals surface area contributed by atoms with Crippen LogP contribution in [0.1, 0.15) is 30.0 Å². The molecule has 2 saturated heterocycles. The Labute approximate surface area is 185 Å². The van der Waals surface area contributed by atoms with Crippen molar-refractivity contribution in [2.75, 3.05) is 11.5 Å². The third-order valence-electron chi connectivity index (χ3n) is 7.16. The Morgan fingerprint density at radius 2 is 1.62 bits per heavy atom. The first-order valence-electron chi connectivity index (χ1n) is 10.7. The first kappa shape index (κ1) is 19.0. The van der Waals surface area contributed by atoms with Crippen LogP contribution in [0.4, 0.5) is 14.9 Å². The van der Waals surface area contributed by atoms with Crippen LogP contribution in [0.15, 0.2) is 78.9 Å². The number of hydrogen-bond donors (Lipinski definition) is 0. The molecular weight excluding hydrogens is 407 g/mol. The van der Waals surface area contributed by atoms with Crippen LogP contribution in [-0.4, -0.2) is 29.0 Å². The number of para-hydroxylation sites is 1. The fourth-order valence-corrected chi connectivity index (χ4v) is 5.85. The van der Waals surface area contributed by atoms with E-state index >= 15 is 0 Å². The molecule has 2 fully saturated rings. The third kappa shape index (κ3) is 2.38. The van der Waals surface area contributed by atoms with E-state index in [2.05, 4.69) is 0 Å². The van der Waals surface area contributed by atoms with Crippen molar-refractivity contribution >= 4 is 17.6 Å². The predicted octanol–water partition coefficient (Wildman–Crippen LogP) is 4.90. The average Bonchev–Trinajstić information content (AvgIpc) is 3.20. The number of nitrogens with zero attached hydrogens (tertiary/aromatic N) is 2. The summed E-state index contributed by atoms with van der Waals surface area (Å²) in [7, 11) is 0. The number of urea groups is 1. The Kier molecular flexibility index (Phi) is 3.97. The zero-order chi connectivity index (χ0) is 22.0. The van der Waals surface area contributed by atoms with Crippen LogP contribution in [0.25, 0.3) is 0 Å². The highest BCUT2D eigenvalue weighted by Crippen LogP contribution is 2.61. The molecule has 0 spiro atoms. The van der Waals surface area contributed by atoms with Crippen molar-refractivity contribution in [2.45, 2.75) is 24.4 Å². The lowest BCUT2D eigenvalue weighted by Gasteiger charge is -2.34.